The van der Waals surface area contributed by atoms with E-state index in [0.29, 0.717) is 12.8 Å². The molecule has 2 aromatic carbocycles. The Kier molecular flexibility index (Phi) is 6.71. The van der Waals surface area contributed by atoms with Gasteiger partial charge >= 0.3 is 5.69 Å². The maximum absolute atomic E-state index is 14.9. The number of halogens is 3. The van der Waals surface area contributed by atoms with Gasteiger partial charge in [-0.2, -0.15) is 0 Å². The van der Waals surface area contributed by atoms with Crippen LogP contribution in [0.15, 0.2) is 64.3 Å². The number of pyridine rings is 1. The first kappa shape index (κ1) is 25.8. The molecular weight excluding hydrogens is 536 g/mol. The van der Waals surface area contributed by atoms with E-state index in [1.165, 1.54) is 36.5 Å². The number of aromatic amines is 1. The maximum Gasteiger partial charge on any atom is 0.333 e. The van der Waals surface area contributed by atoms with E-state index >= 15 is 0 Å². The van der Waals surface area contributed by atoms with Gasteiger partial charge in [-0.3, -0.25) is 14.4 Å². The number of amides is 2. The minimum atomic E-state index is -0.900. The number of nitrogens with one attached hydrogen (secondary N) is 2. The number of nitrogens with two attached hydrogens (primary N) is 1. The number of hydrogen-bond donors (Lipinski definition) is 3. The molecule has 2 aromatic heterocycles. The van der Waals surface area contributed by atoms with E-state index in [2.05, 4.69) is 15.3 Å². The second kappa shape index (κ2) is 10.1. The lowest BCUT2D eigenvalue weighted by molar-refractivity contribution is 0.0993. The van der Waals surface area contributed by atoms with E-state index in [0.717, 1.165) is 22.8 Å². The molecule has 1 fully saturated rings. The molecule has 0 spiro atoms. The van der Waals surface area contributed by atoms with Crippen molar-refractivity contribution in [3.63, 3.8) is 0 Å². The molecular formula is C26H18ClF2N5O5. The van der Waals surface area contributed by atoms with Crippen molar-refractivity contribution in [2.45, 2.75) is 18.8 Å². The Labute approximate surface area is 223 Å². The summed E-state index contributed by atoms with van der Waals surface area (Å²) in [4.78, 5) is 57.1. The van der Waals surface area contributed by atoms with Gasteiger partial charge in [0.25, 0.3) is 17.4 Å². The van der Waals surface area contributed by atoms with Crippen LogP contribution in [0.2, 0.25) is 5.02 Å². The molecule has 13 heteroatoms. The Morgan fingerprint density at radius 3 is 2.44 bits per heavy atom. The van der Waals surface area contributed by atoms with Crippen LogP contribution in [0, 0.1) is 11.6 Å². The third kappa shape index (κ3) is 5.14. The molecule has 0 unspecified atom stereocenters. The third-order valence-electron chi connectivity index (χ3n) is 5.93. The standard InChI is InChI=1S/C26H18ClF2N5O5/c27-20-18(9-10-31-22(20)23(30)35)39-17-8-5-14(11-16(17)29)32-24(36)19-21(12-1-2-12)33-26(38)34(25(19)37)15-6-3-13(28)4-7-15/h3-12H,1-2H2,(H2,30,35)(H,32,36)(H,33,38). The molecule has 2 heterocycles. The van der Waals surface area contributed by atoms with Gasteiger partial charge in [0.05, 0.1) is 5.69 Å². The summed E-state index contributed by atoms with van der Waals surface area (Å²) in [5.74, 6) is -3.76. The van der Waals surface area contributed by atoms with Gasteiger partial charge in [0.2, 0.25) is 0 Å². The Morgan fingerprint density at radius 2 is 1.79 bits per heavy atom. The average Bonchev–Trinajstić information content (AvgIpc) is 3.73. The van der Waals surface area contributed by atoms with E-state index in [4.69, 9.17) is 22.1 Å². The van der Waals surface area contributed by atoms with E-state index in [-0.39, 0.29) is 50.8 Å². The Bertz CT molecular complexity index is 1750. The molecule has 0 bridgehead atoms. The lowest BCUT2D eigenvalue weighted by Gasteiger charge is -2.13. The molecule has 4 N–H and O–H groups in total. The third-order valence-corrected chi connectivity index (χ3v) is 6.29. The second-order valence-corrected chi connectivity index (χ2v) is 9.03. The number of H-pyrrole nitrogens is 1. The fourth-order valence-electron chi connectivity index (χ4n) is 3.93. The summed E-state index contributed by atoms with van der Waals surface area (Å²) in [6.07, 6.45) is 2.56. The molecule has 1 aliphatic rings. The van der Waals surface area contributed by atoms with Crippen molar-refractivity contribution in [2.75, 3.05) is 5.32 Å². The van der Waals surface area contributed by atoms with Gasteiger partial charge in [0, 0.05) is 35.6 Å². The molecule has 2 amide bonds. The fourth-order valence-corrected chi connectivity index (χ4v) is 4.17. The van der Waals surface area contributed by atoms with Gasteiger partial charge in [-0.25, -0.2) is 23.1 Å². The highest BCUT2D eigenvalue weighted by molar-refractivity contribution is 6.34. The predicted octanol–water partition coefficient (Wildman–Crippen LogP) is 3.87. The monoisotopic (exact) mass is 553 g/mol. The number of aromatic nitrogens is 3. The molecule has 5 rings (SSSR count). The Hall–Kier alpha value is -4.84. The van der Waals surface area contributed by atoms with Gasteiger partial charge < -0.3 is 20.8 Å². The molecule has 0 atom stereocenters. The summed E-state index contributed by atoms with van der Waals surface area (Å²) >= 11 is 6.07. The molecule has 0 saturated heterocycles. The van der Waals surface area contributed by atoms with E-state index in [1.807, 2.05) is 0 Å². The fraction of sp³-hybridized carbons (Fsp3) is 0.115. The van der Waals surface area contributed by atoms with Crippen LogP contribution < -0.4 is 27.0 Å². The number of ether oxygens (including phenoxy) is 1. The van der Waals surface area contributed by atoms with Crippen molar-refractivity contribution in [3.05, 3.63) is 109 Å². The lowest BCUT2D eigenvalue weighted by Crippen LogP contribution is -2.40. The first-order chi connectivity index (χ1) is 18.6. The zero-order chi connectivity index (χ0) is 27.8. The maximum atomic E-state index is 14.9. The summed E-state index contributed by atoms with van der Waals surface area (Å²) < 4.78 is 34.4. The number of carbonyl (C=O) groups is 2. The molecule has 1 saturated carbocycles. The zero-order valence-electron chi connectivity index (χ0n) is 19.8. The molecule has 4 aromatic rings. The Balaban J connectivity index is 1.45. The van der Waals surface area contributed by atoms with E-state index in [1.54, 1.807) is 0 Å². The molecule has 198 valence electrons. The minimum absolute atomic E-state index is 0.0100. The van der Waals surface area contributed by atoms with Crippen LogP contribution in [0.1, 0.15) is 45.3 Å². The summed E-state index contributed by atoms with van der Waals surface area (Å²) in [6, 6.07) is 9.43. The van der Waals surface area contributed by atoms with Crippen molar-refractivity contribution in [2.24, 2.45) is 5.73 Å². The van der Waals surface area contributed by atoms with Crippen LogP contribution in [0.4, 0.5) is 14.5 Å². The molecule has 0 aliphatic heterocycles. The molecule has 39 heavy (non-hydrogen) atoms. The van der Waals surface area contributed by atoms with Crippen LogP contribution >= 0.6 is 11.6 Å². The van der Waals surface area contributed by atoms with Crippen molar-refractivity contribution < 1.29 is 23.1 Å². The van der Waals surface area contributed by atoms with Crippen molar-refractivity contribution in [1.29, 1.82) is 0 Å². The van der Waals surface area contributed by atoms with Crippen LogP contribution in [0.3, 0.4) is 0 Å². The van der Waals surface area contributed by atoms with Crippen LogP contribution in [0.5, 0.6) is 11.5 Å². The number of rotatable bonds is 7. The van der Waals surface area contributed by atoms with Crippen LogP contribution in [0.25, 0.3) is 5.69 Å². The first-order valence-corrected chi connectivity index (χ1v) is 11.9. The molecule has 10 nitrogen and oxygen atoms in total. The molecule has 1 aliphatic carbocycles. The SMILES string of the molecule is NC(=O)c1nccc(Oc2ccc(NC(=O)c3c(C4CC4)[nH]c(=O)n(-c4ccc(F)cc4)c3=O)cc2F)c1Cl. The number of nitrogens with zero attached hydrogens (tertiary/aromatic N) is 2. The summed E-state index contributed by atoms with van der Waals surface area (Å²) in [7, 11) is 0. The predicted molar refractivity (Wildman–Crippen MR) is 137 cm³/mol. The Morgan fingerprint density at radius 1 is 1.08 bits per heavy atom. The summed E-state index contributed by atoms with van der Waals surface area (Å²) in [5, 5.41) is 2.27. The smallest absolute Gasteiger partial charge is 0.333 e. The average molecular weight is 554 g/mol. The highest BCUT2D eigenvalue weighted by atomic mass is 35.5. The lowest BCUT2D eigenvalue weighted by atomic mass is 10.1. The number of primary amides is 1. The van der Waals surface area contributed by atoms with E-state index in [9.17, 15) is 28.0 Å². The van der Waals surface area contributed by atoms with Crippen molar-refractivity contribution in [3.8, 4) is 17.2 Å². The number of hydrogen-bond acceptors (Lipinski definition) is 6. The minimum Gasteiger partial charge on any atom is -0.453 e. The number of anilines is 1. The summed E-state index contributed by atoms with van der Waals surface area (Å²) in [6.45, 7) is 0. The highest BCUT2D eigenvalue weighted by Crippen LogP contribution is 2.40. The van der Waals surface area contributed by atoms with Crippen LogP contribution in [-0.2, 0) is 0 Å². The van der Waals surface area contributed by atoms with Gasteiger partial charge in [-0.15, -0.1) is 0 Å². The largest absolute Gasteiger partial charge is 0.453 e. The quantitative estimate of drug-likeness (QED) is 0.316. The van der Waals surface area contributed by atoms with E-state index < -0.39 is 34.7 Å². The van der Waals surface area contributed by atoms with Crippen molar-refractivity contribution in [1.82, 2.24) is 14.5 Å². The van der Waals surface area contributed by atoms with Gasteiger partial charge in [-0.05, 0) is 49.2 Å². The van der Waals surface area contributed by atoms with Crippen LogP contribution in [-0.4, -0.2) is 26.3 Å². The normalized spacial score (nSPS) is 12.7. The number of benzene rings is 2. The summed E-state index contributed by atoms with van der Waals surface area (Å²) in [5.41, 5.74) is 3.21. The van der Waals surface area contributed by atoms with Gasteiger partial charge in [0.15, 0.2) is 11.6 Å². The topological polar surface area (TPSA) is 149 Å². The second-order valence-electron chi connectivity index (χ2n) is 8.65. The highest BCUT2D eigenvalue weighted by Gasteiger charge is 2.32. The van der Waals surface area contributed by atoms with Gasteiger partial charge in [0.1, 0.15) is 27.8 Å². The van der Waals surface area contributed by atoms with Crippen molar-refractivity contribution >= 4 is 29.1 Å². The van der Waals surface area contributed by atoms with Gasteiger partial charge in [-0.1, -0.05) is 11.6 Å². The number of carbonyl (C=O) groups excluding carboxylic acids is 2. The first-order valence-electron chi connectivity index (χ1n) is 11.5. The molecule has 0 radical (unpaired) electrons. The zero-order valence-corrected chi connectivity index (χ0v) is 20.6.